The molecule has 0 aliphatic rings. The van der Waals surface area contributed by atoms with E-state index in [1.54, 1.807) is 12.1 Å². The molecule has 2 aromatic carbocycles. The molecule has 2 N–H and O–H groups in total. The minimum Gasteiger partial charge on any atom is -0.871 e. The predicted octanol–water partition coefficient (Wildman–Crippen LogP) is -4.25. The van der Waals surface area contributed by atoms with E-state index in [9.17, 15) is 24.6 Å². The van der Waals surface area contributed by atoms with Crippen LogP contribution in [0.15, 0.2) is 59.5 Å². The summed E-state index contributed by atoms with van der Waals surface area (Å²) in [7, 11) is 1.45. The summed E-state index contributed by atoms with van der Waals surface area (Å²) in [6, 6.07) is 12.6. The second-order valence-electron chi connectivity index (χ2n) is 7.59. The van der Waals surface area contributed by atoms with Crippen LogP contribution in [-0.4, -0.2) is 16.6 Å². The van der Waals surface area contributed by atoms with Crippen LogP contribution in [0.4, 0.5) is 10.5 Å². The number of carboxylic acids is 1. The quantitative estimate of drug-likeness (QED) is 0.347. The summed E-state index contributed by atoms with van der Waals surface area (Å²) < 4.78 is 1.15. The molecule has 10 heteroatoms. The van der Waals surface area contributed by atoms with Gasteiger partial charge in [0.15, 0.2) is 0 Å². The maximum absolute atomic E-state index is 12.4. The molecule has 8 nitrogen and oxygen atoms in total. The van der Waals surface area contributed by atoms with E-state index in [-0.39, 0.29) is 59.1 Å². The zero-order valence-corrected chi connectivity index (χ0v) is 24.0. The van der Waals surface area contributed by atoms with Crippen LogP contribution in [0.2, 0.25) is 0 Å². The molecule has 3 rings (SSSR count). The van der Waals surface area contributed by atoms with Crippen molar-refractivity contribution in [3.05, 3.63) is 81.8 Å². The van der Waals surface area contributed by atoms with E-state index in [1.807, 2.05) is 44.2 Å². The van der Waals surface area contributed by atoms with Gasteiger partial charge in [-0.25, -0.2) is 4.79 Å². The van der Waals surface area contributed by atoms with Gasteiger partial charge in [-0.3, -0.25) is 4.79 Å². The van der Waals surface area contributed by atoms with E-state index < -0.39 is 41.5 Å². The Hall–Kier alpha value is -2.07. The van der Waals surface area contributed by atoms with Gasteiger partial charge in [-0.05, 0) is 41.7 Å². The molecule has 3 aromatic rings. The van der Waals surface area contributed by atoms with Crippen LogP contribution in [0.1, 0.15) is 29.2 Å². The Labute approximate surface area is 242 Å². The Kier molecular flexibility index (Phi) is 11.6. The summed E-state index contributed by atoms with van der Waals surface area (Å²) in [4.78, 5) is 35.8. The number of urea groups is 1. The first-order valence-electron chi connectivity index (χ1n) is 9.98. The van der Waals surface area contributed by atoms with Crippen molar-refractivity contribution in [2.75, 3.05) is 5.32 Å². The Balaban J connectivity index is 0.00000289. The van der Waals surface area contributed by atoms with Crippen molar-refractivity contribution in [3.63, 3.8) is 0 Å². The normalized spacial score (nSPS) is 10.9. The number of anilines is 1. The van der Waals surface area contributed by atoms with Crippen LogP contribution in [0.3, 0.4) is 0 Å². The largest absolute Gasteiger partial charge is 1.00 e. The average Bonchev–Trinajstić information content (AvgIpc) is 2.73. The molecule has 1 heterocycles. The van der Waals surface area contributed by atoms with Crippen molar-refractivity contribution in [2.24, 2.45) is 7.05 Å². The van der Waals surface area contributed by atoms with Crippen LogP contribution in [0.5, 0.6) is 5.75 Å². The molecular formula is C24H23N3Na2O5. The van der Waals surface area contributed by atoms with Gasteiger partial charge in [0.2, 0.25) is 0 Å². The fraction of sp³-hybridized carbons (Fsp3) is 0.208. The number of nitrogens with zero attached hydrogens (tertiary/aromatic N) is 1. The summed E-state index contributed by atoms with van der Waals surface area (Å²) in [6.07, 6.45) is 0.817. The molecule has 0 fully saturated rings. The van der Waals surface area contributed by atoms with E-state index in [2.05, 4.69) is 10.6 Å². The molecule has 1 aromatic heterocycles. The maximum atomic E-state index is 12.4. The van der Waals surface area contributed by atoms with Gasteiger partial charge >= 0.3 is 65.1 Å². The number of carbonyl (C=O) groups is 2. The van der Waals surface area contributed by atoms with E-state index in [0.717, 1.165) is 32.9 Å². The molecule has 166 valence electrons. The Morgan fingerprint density at radius 2 is 1.59 bits per heavy atom. The fourth-order valence-electron chi connectivity index (χ4n) is 3.61. The Morgan fingerprint density at radius 3 is 2.15 bits per heavy atom. The van der Waals surface area contributed by atoms with Gasteiger partial charge in [-0.1, -0.05) is 54.3 Å². The number of rotatable bonds is 6. The minimum atomic E-state index is -1.35. The first kappa shape index (κ1) is 30.0. The summed E-state index contributed by atoms with van der Waals surface area (Å²) >= 11 is 0. The molecule has 0 unspecified atom stereocenters. The van der Waals surface area contributed by atoms with Crippen LogP contribution >= 0.6 is 0 Å². The second kappa shape index (κ2) is 13.1. The third-order valence-corrected chi connectivity index (χ3v) is 5.23. The predicted molar refractivity (Wildman–Crippen MR) is 117 cm³/mol. The molecule has 1 atom stereocenters. The first-order valence-corrected chi connectivity index (χ1v) is 9.98. The van der Waals surface area contributed by atoms with Crippen molar-refractivity contribution in [3.8, 4) is 16.9 Å². The van der Waals surface area contributed by atoms with Crippen LogP contribution in [-0.2, 0) is 11.8 Å². The molecular weight excluding hydrogens is 456 g/mol. The number of benzene rings is 2. The second-order valence-corrected chi connectivity index (χ2v) is 7.59. The summed E-state index contributed by atoms with van der Waals surface area (Å²) in [5.41, 5.74) is 3.74. The number of hydrogen-bond donors (Lipinski definition) is 2. The van der Waals surface area contributed by atoms with Crippen molar-refractivity contribution < 1.29 is 78.9 Å². The summed E-state index contributed by atoms with van der Waals surface area (Å²) in [5, 5.41) is 27.9. The van der Waals surface area contributed by atoms with Crippen LogP contribution in [0, 0.1) is 13.8 Å². The molecule has 34 heavy (non-hydrogen) atoms. The standard InChI is InChI=1S/C24H25N3O5.2Na/c1-14-5-4-6-15(2)21(14)17-9-7-16(8-10-17)18(13-20(29)30)25-24(32)26-22-19(28)11-12-27(3)23(22)31;;/h4-12,18,28H,13H2,1-3H3,(H,29,30)(H2,25,26,32);;/q;2*+1/p-2/t18-;;/m0../s1. The third kappa shape index (κ3) is 7.21. The van der Waals surface area contributed by atoms with Gasteiger partial charge in [0, 0.05) is 25.6 Å². The number of amides is 2. The molecule has 0 saturated carbocycles. The third-order valence-electron chi connectivity index (χ3n) is 5.23. The SMILES string of the molecule is Cc1cccc(C)c1-c1ccc([C@H](CC(=O)[O-])NC(=O)Nc2c([O-])ccn(C)c2=O)cc1.[Na+].[Na+]. The van der Waals surface area contributed by atoms with Gasteiger partial charge in [0.1, 0.15) is 5.69 Å². The monoisotopic (exact) mass is 479 g/mol. The number of hydrogen-bond acceptors (Lipinski definition) is 5. The van der Waals surface area contributed by atoms with Crippen molar-refractivity contribution in [1.29, 1.82) is 0 Å². The Bertz CT molecular complexity index is 1210. The first-order chi connectivity index (χ1) is 15.2. The van der Waals surface area contributed by atoms with E-state index in [0.29, 0.717) is 5.56 Å². The minimum absolute atomic E-state index is 0. The molecule has 0 spiro atoms. The zero-order valence-electron chi connectivity index (χ0n) is 20.0. The fourth-order valence-corrected chi connectivity index (χ4v) is 3.61. The summed E-state index contributed by atoms with van der Waals surface area (Å²) in [5.74, 6) is -1.99. The molecule has 0 radical (unpaired) electrons. The molecule has 0 aliphatic carbocycles. The number of carbonyl (C=O) groups excluding carboxylic acids is 2. The number of aromatic nitrogens is 1. The zero-order chi connectivity index (χ0) is 23.4. The van der Waals surface area contributed by atoms with Crippen LogP contribution in [0.25, 0.3) is 11.1 Å². The molecule has 0 saturated heterocycles. The average molecular weight is 479 g/mol. The van der Waals surface area contributed by atoms with Gasteiger partial charge in [-0.2, -0.15) is 0 Å². The van der Waals surface area contributed by atoms with E-state index in [4.69, 9.17) is 0 Å². The molecule has 0 aliphatic heterocycles. The molecule has 0 bridgehead atoms. The number of aliphatic carboxylic acids is 1. The van der Waals surface area contributed by atoms with Gasteiger partial charge in [0.25, 0.3) is 5.56 Å². The Morgan fingerprint density at radius 1 is 1.00 bits per heavy atom. The van der Waals surface area contributed by atoms with Crippen molar-refractivity contribution >= 4 is 17.7 Å². The van der Waals surface area contributed by atoms with Gasteiger partial charge < -0.3 is 30.2 Å². The van der Waals surface area contributed by atoms with Crippen LogP contribution < -0.4 is 85.5 Å². The number of pyridine rings is 1. The number of nitrogens with one attached hydrogen (secondary N) is 2. The van der Waals surface area contributed by atoms with Gasteiger partial charge in [-0.15, -0.1) is 0 Å². The molecule has 2 amide bonds. The van der Waals surface area contributed by atoms with E-state index in [1.165, 1.54) is 13.2 Å². The number of aryl methyl sites for hydroxylation is 3. The smallest absolute Gasteiger partial charge is 0.871 e. The topological polar surface area (TPSA) is 126 Å². The number of carboxylic acid groups (broad SMARTS) is 1. The maximum Gasteiger partial charge on any atom is 1.00 e. The van der Waals surface area contributed by atoms with Gasteiger partial charge in [0.05, 0.1) is 6.04 Å². The summed E-state index contributed by atoms with van der Waals surface area (Å²) in [6.45, 7) is 4.03. The van der Waals surface area contributed by atoms with Crippen molar-refractivity contribution in [1.82, 2.24) is 9.88 Å². The van der Waals surface area contributed by atoms with Crippen molar-refractivity contribution in [2.45, 2.75) is 26.3 Å². The van der Waals surface area contributed by atoms with E-state index >= 15 is 0 Å².